The van der Waals surface area contributed by atoms with E-state index in [0.717, 1.165) is 18.8 Å². The van der Waals surface area contributed by atoms with Crippen molar-refractivity contribution in [3.05, 3.63) is 0 Å². The second-order valence-corrected chi connectivity index (χ2v) is 6.19. The SMILES string of the molecule is CCCC1CCC(C2COC(OC(=O)C(F)(F)F)OC2)CC1. The summed E-state index contributed by atoms with van der Waals surface area (Å²) in [6.45, 7) is 1.21. The van der Waals surface area contributed by atoms with Gasteiger partial charge >= 0.3 is 18.6 Å². The van der Waals surface area contributed by atoms with Gasteiger partial charge in [-0.2, -0.15) is 13.2 Å². The van der Waals surface area contributed by atoms with E-state index in [0.29, 0.717) is 5.92 Å². The van der Waals surface area contributed by atoms with Crippen molar-refractivity contribution >= 4 is 5.97 Å². The predicted octanol–water partition coefficient (Wildman–Crippen LogP) is 3.65. The van der Waals surface area contributed by atoms with E-state index in [1.54, 1.807) is 0 Å². The first-order valence-corrected chi connectivity index (χ1v) is 7.91. The molecule has 2 fully saturated rings. The molecule has 1 aliphatic carbocycles. The standard InChI is InChI=1S/C15H23F3O4/c1-2-3-10-4-6-11(7-5-10)12-8-20-14(21-9-12)22-13(19)15(16,17)18/h10-12,14H,2-9H2,1H3. The third-order valence-corrected chi connectivity index (χ3v) is 4.58. The first-order chi connectivity index (χ1) is 10.4. The van der Waals surface area contributed by atoms with Crippen LogP contribution >= 0.6 is 0 Å². The summed E-state index contributed by atoms with van der Waals surface area (Å²) in [4.78, 5) is 10.7. The highest BCUT2D eigenvalue weighted by molar-refractivity contribution is 5.75. The van der Waals surface area contributed by atoms with Crippen molar-refractivity contribution < 1.29 is 32.2 Å². The number of rotatable bonds is 4. The smallest absolute Gasteiger partial charge is 0.404 e. The average Bonchev–Trinajstić information content (AvgIpc) is 2.48. The molecule has 0 atom stereocenters. The van der Waals surface area contributed by atoms with Gasteiger partial charge in [-0.25, -0.2) is 4.79 Å². The second-order valence-electron chi connectivity index (χ2n) is 6.19. The summed E-state index contributed by atoms with van der Waals surface area (Å²) in [7, 11) is 0. The van der Waals surface area contributed by atoms with Crippen molar-refractivity contribution in [1.29, 1.82) is 0 Å². The molecular weight excluding hydrogens is 301 g/mol. The minimum Gasteiger partial charge on any atom is -0.404 e. The van der Waals surface area contributed by atoms with E-state index >= 15 is 0 Å². The maximum Gasteiger partial charge on any atom is 0.491 e. The zero-order valence-electron chi connectivity index (χ0n) is 12.7. The van der Waals surface area contributed by atoms with E-state index in [-0.39, 0.29) is 19.1 Å². The Hall–Kier alpha value is -0.820. The van der Waals surface area contributed by atoms with Crippen molar-refractivity contribution in [3.63, 3.8) is 0 Å². The van der Waals surface area contributed by atoms with Crippen LogP contribution in [0.15, 0.2) is 0 Å². The molecule has 0 radical (unpaired) electrons. The largest absolute Gasteiger partial charge is 0.491 e. The summed E-state index contributed by atoms with van der Waals surface area (Å²) in [6.07, 6.45) is 2.05. The highest BCUT2D eigenvalue weighted by Crippen LogP contribution is 2.37. The Morgan fingerprint density at radius 3 is 2.18 bits per heavy atom. The number of halogens is 3. The molecule has 4 nitrogen and oxygen atoms in total. The van der Waals surface area contributed by atoms with E-state index < -0.39 is 18.6 Å². The Morgan fingerprint density at radius 1 is 1.09 bits per heavy atom. The van der Waals surface area contributed by atoms with Gasteiger partial charge in [0, 0.05) is 5.92 Å². The van der Waals surface area contributed by atoms with Crippen LogP contribution in [0, 0.1) is 17.8 Å². The van der Waals surface area contributed by atoms with Crippen LogP contribution in [0.3, 0.4) is 0 Å². The van der Waals surface area contributed by atoms with Gasteiger partial charge in [0.1, 0.15) is 0 Å². The van der Waals surface area contributed by atoms with Crippen LogP contribution in [0.4, 0.5) is 13.2 Å². The molecule has 1 aliphatic heterocycles. The Labute approximate surface area is 128 Å². The number of alkyl halides is 3. The van der Waals surface area contributed by atoms with Crippen LogP contribution < -0.4 is 0 Å². The van der Waals surface area contributed by atoms with E-state index in [4.69, 9.17) is 9.47 Å². The number of carbonyl (C=O) groups is 1. The van der Waals surface area contributed by atoms with Gasteiger partial charge in [0.15, 0.2) is 0 Å². The minimum absolute atomic E-state index is 0.170. The number of hydrogen-bond acceptors (Lipinski definition) is 4. The fourth-order valence-electron chi connectivity index (χ4n) is 3.35. The van der Waals surface area contributed by atoms with Crippen LogP contribution in [0.5, 0.6) is 0 Å². The number of carbonyl (C=O) groups excluding carboxylic acids is 1. The van der Waals surface area contributed by atoms with Crippen LogP contribution in [0.1, 0.15) is 45.4 Å². The number of ether oxygens (including phenoxy) is 3. The Bertz CT molecular complexity index is 356. The van der Waals surface area contributed by atoms with Gasteiger partial charge in [-0.3, -0.25) is 0 Å². The maximum atomic E-state index is 12.1. The molecule has 1 saturated heterocycles. The lowest BCUT2D eigenvalue weighted by molar-refractivity contribution is -0.324. The molecule has 0 aromatic rings. The van der Waals surface area contributed by atoms with Gasteiger partial charge in [-0.15, -0.1) is 0 Å². The lowest BCUT2D eigenvalue weighted by atomic mass is 9.75. The molecule has 0 N–H and O–H groups in total. The molecule has 2 aliphatic rings. The van der Waals surface area contributed by atoms with Gasteiger partial charge in [-0.1, -0.05) is 32.6 Å². The molecule has 0 aromatic heterocycles. The lowest BCUT2D eigenvalue weighted by Crippen LogP contribution is -2.41. The third-order valence-electron chi connectivity index (χ3n) is 4.58. The van der Waals surface area contributed by atoms with Crippen molar-refractivity contribution in [2.24, 2.45) is 17.8 Å². The van der Waals surface area contributed by atoms with Crippen molar-refractivity contribution in [3.8, 4) is 0 Å². The highest BCUT2D eigenvalue weighted by atomic mass is 19.4. The van der Waals surface area contributed by atoms with Gasteiger partial charge in [0.05, 0.1) is 13.2 Å². The molecule has 2 rings (SSSR count). The molecule has 0 spiro atoms. The van der Waals surface area contributed by atoms with Gasteiger partial charge in [0.2, 0.25) is 0 Å². The van der Waals surface area contributed by atoms with Crippen LogP contribution in [0.25, 0.3) is 0 Å². The summed E-state index contributed by atoms with van der Waals surface area (Å²) in [6, 6.07) is 0. The monoisotopic (exact) mass is 324 g/mol. The first kappa shape index (κ1) is 17.5. The Balaban J connectivity index is 1.70. The summed E-state index contributed by atoms with van der Waals surface area (Å²) in [5.41, 5.74) is 0. The number of esters is 1. The van der Waals surface area contributed by atoms with Crippen LogP contribution in [-0.2, 0) is 19.0 Å². The zero-order chi connectivity index (χ0) is 16.2. The molecule has 0 aromatic carbocycles. The van der Waals surface area contributed by atoms with Crippen molar-refractivity contribution in [2.75, 3.05) is 13.2 Å². The van der Waals surface area contributed by atoms with Gasteiger partial charge < -0.3 is 14.2 Å². The van der Waals surface area contributed by atoms with Crippen molar-refractivity contribution in [2.45, 2.75) is 58.1 Å². The third kappa shape index (κ3) is 4.84. The summed E-state index contributed by atoms with van der Waals surface area (Å²) in [5, 5.41) is 0. The van der Waals surface area contributed by atoms with Gasteiger partial charge in [0.25, 0.3) is 0 Å². The zero-order valence-corrected chi connectivity index (χ0v) is 12.7. The Kier molecular flexibility index (Phi) is 6.09. The minimum atomic E-state index is -5.03. The van der Waals surface area contributed by atoms with E-state index in [9.17, 15) is 18.0 Å². The summed E-state index contributed by atoms with van der Waals surface area (Å²) >= 11 is 0. The van der Waals surface area contributed by atoms with Crippen molar-refractivity contribution in [1.82, 2.24) is 0 Å². The molecule has 22 heavy (non-hydrogen) atoms. The normalized spacial score (nSPS) is 33.5. The maximum absolute atomic E-state index is 12.1. The van der Waals surface area contributed by atoms with Crippen LogP contribution in [-0.4, -0.2) is 31.8 Å². The predicted molar refractivity (Wildman–Crippen MR) is 71.7 cm³/mol. The number of hydrogen-bond donors (Lipinski definition) is 0. The molecule has 0 bridgehead atoms. The van der Waals surface area contributed by atoms with E-state index in [2.05, 4.69) is 11.7 Å². The molecule has 7 heteroatoms. The fourth-order valence-corrected chi connectivity index (χ4v) is 3.35. The second kappa shape index (κ2) is 7.64. The van der Waals surface area contributed by atoms with E-state index in [1.165, 1.54) is 25.7 Å². The van der Waals surface area contributed by atoms with Gasteiger partial charge in [-0.05, 0) is 24.7 Å². The highest BCUT2D eigenvalue weighted by Gasteiger charge is 2.43. The Morgan fingerprint density at radius 2 is 1.68 bits per heavy atom. The molecular formula is C15H23F3O4. The summed E-state index contributed by atoms with van der Waals surface area (Å²) < 4.78 is 50.6. The molecule has 1 heterocycles. The molecule has 0 amide bonds. The lowest BCUT2D eigenvalue weighted by Gasteiger charge is -2.37. The van der Waals surface area contributed by atoms with E-state index in [1.807, 2.05) is 0 Å². The average molecular weight is 324 g/mol. The van der Waals surface area contributed by atoms with Crippen LogP contribution in [0.2, 0.25) is 0 Å². The summed E-state index contributed by atoms with van der Waals surface area (Å²) in [5.74, 6) is -0.834. The topological polar surface area (TPSA) is 44.8 Å². The molecule has 0 unspecified atom stereocenters. The fraction of sp³-hybridized carbons (Fsp3) is 0.933. The molecule has 128 valence electrons. The first-order valence-electron chi connectivity index (χ1n) is 7.91. The quantitative estimate of drug-likeness (QED) is 0.741. The molecule has 1 saturated carbocycles.